The number of benzene rings is 2. The normalized spacial score (nSPS) is 14.7. The molecule has 3 heterocycles. The van der Waals surface area contributed by atoms with Gasteiger partial charge in [0, 0.05) is 17.1 Å². The lowest BCUT2D eigenvalue weighted by molar-refractivity contribution is 0.115. The van der Waals surface area contributed by atoms with Crippen LogP contribution in [0.4, 0.5) is 10.3 Å². The number of halogens is 2. The second-order valence-electron chi connectivity index (χ2n) is 9.18. The molecule has 4 aromatic rings. The minimum Gasteiger partial charge on any atom is -0.424 e. The van der Waals surface area contributed by atoms with Gasteiger partial charge in [0.2, 0.25) is 5.95 Å². The summed E-state index contributed by atoms with van der Waals surface area (Å²) in [4.78, 5) is 22.6. The Morgan fingerprint density at radius 3 is 2.79 bits per heavy atom. The van der Waals surface area contributed by atoms with Crippen LogP contribution in [0.25, 0.3) is 16.9 Å². The molecule has 1 aliphatic rings. The minimum atomic E-state index is -3.93. The maximum Gasteiger partial charge on any atom is 0.356 e. The molecular weight excluding hydrogens is 592 g/mol. The molecule has 5 rings (SSSR count). The van der Waals surface area contributed by atoms with Gasteiger partial charge in [0.05, 0.1) is 19.5 Å². The molecule has 1 aliphatic heterocycles. The fourth-order valence-electron chi connectivity index (χ4n) is 3.97. The molecule has 12 nitrogen and oxygen atoms in total. The van der Waals surface area contributed by atoms with Gasteiger partial charge in [-0.15, -0.1) is 0 Å². The molecule has 0 aliphatic carbocycles. The average Bonchev–Trinajstić information content (AvgIpc) is 3.53. The molecule has 0 amide bonds. The molecule has 15 heteroatoms. The molecule has 1 atom stereocenters. The van der Waals surface area contributed by atoms with Gasteiger partial charge >= 0.3 is 7.60 Å². The fraction of sp³-hybridized carbons (Fsp3) is 0.222. The van der Waals surface area contributed by atoms with Crippen LogP contribution in [0.5, 0.6) is 0 Å². The second kappa shape index (κ2) is 12.5. The number of hydrogen-bond donors (Lipinski definition) is 2. The number of fused-ring (bicyclic) bond motifs is 1. The Morgan fingerprint density at radius 1 is 1.19 bits per heavy atom. The summed E-state index contributed by atoms with van der Waals surface area (Å²) in [5, 5.41) is 0.485. The van der Waals surface area contributed by atoms with Crippen LogP contribution in [0, 0.1) is 12.7 Å². The summed E-state index contributed by atoms with van der Waals surface area (Å²) in [6.07, 6.45) is 0.994. The highest BCUT2D eigenvalue weighted by Crippen LogP contribution is 2.50. The minimum absolute atomic E-state index is 0.0424. The van der Waals surface area contributed by atoms with E-state index in [-0.39, 0.29) is 60.9 Å². The van der Waals surface area contributed by atoms with E-state index >= 15 is 0 Å². The lowest BCUT2D eigenvalue weighted by Crippen LogP contribution is -2.13. The number of H-pyrrole nitrogens is 1. The van der Waals surface area contributed by atoms with Gasteiger partial charge in [-0.25, -0.2) is 9.37 Å². The average molecular weight is 618 g/mol. The van der Waals surface area contributed by atoms with E-state index < -0.39 is 25.3 Å². The van der Waals surface area contributed by atoms with Crippen molar-refractivity contribution < 1.29 is 32.2 Å². The molecule has 42 heavy (non-hydrogen) atoms. The van der Waals surface area contributed by atoms with Gasteiger partial charge in [-0.3, -0.25) is 18.9 Å². The van der Waals surface area contributed by atoms with Crippen molar-refractivity contribution >= 4 is 42.1 Å². The van der Waals surface area contributed by atoms with Crippen molar-refractivity contribution in [3.05, 3.63) is 105 Å². The molecule has 1 unspecified atom stereocenters. The van der Waals surface area contributed by atoms with Gasteiger partial charge in [-0.1, -0.05) is 35.9 Å². The van der Waals surface area contributed by atoms with E-state index in [1.807, 2.05) is 0 Å². The highest BCUT2D eigenvalue weighted by atomic mass is 35.5. The van der Waals surface area contributed by atoms with Gasteiger partial charge in [-0.05, 0) is 42.8 Å². The Hall–Kier alpha value is -4.00. The number of ether oxygens (including phenoxy) is 3. The number of rotatable bonds is 12. The third-order valence-electron chi connectivity index (χ3n) is 6.07. The molecule has 2 aromatic carbocycles. The summed E-state index contributed by atoms with van der Waals surface area (Å²) in [5.74, 6) is -0.219. The van der Waals surface area contributed by atoms with Gasteiger partial charge in [-0.2, -0.15) is 4.98 Å². The molecule has 0 radical (unpaired) electrons. The SMILES string of the molecule is C=C1OC(COP(=O)(COCCn2cnc3c(=O)[nH]c(N)nc32)OCc2cccc(Cl)c2)=C(c2ccc(C)c(F)c2)O1. The van der Waals surface area contributed by atoms with Crippen LogP contribution < -0.4 is 11.3 Å². The number of nitrogens with two attached hydrogens (primary N) is 1. The number of nitrogen functional groups attached to an aromatic ring is 1. The predicted molar refractivity (Wildman–Crippen MR) is 153 cm³/mol. The van der Waals surface area contributed by atoms with E-state index in [2.05, 4.69) is 21.5 Å². The fourth-order valence-corrected chi connectivity index (χ4v) is 5.42. The molecule has 0 saturated heterocycles. The van der Waals surface area contributed by atoms with Crippen LogP contribution >= 0.6 is 19.2 Å². The zero-order valence-corrected chi connectivity index (χ0v) is 24.0. The smallest absolute Gasteiger partial charge is 0.356 e. The summed E-state index contributed by atoms with van der Waals surface area (Å²) in [6, 6.07) is 11.4. The first-order chi connectivity index (χ1) is 20.1. The van der Waals surface area contributed by atoms with E-state index in [1.165, 1.54) is 12.4 Å². The van der Waals surface area contributed by atoms with Crippen molar-refractivity contribution in [1.29, 1.82) is 0 Å². The van der Waals surface area contributed by atoms with Crippen LogP contribution in [0.15, 0.2) is 71.9 Å². The maximum absolute atomic E-state index is 14.2. The van der Waals surface area contributed by atoms with Crippen molar-refractivity contribution in [3.8, 4) is 0 Å². The number of aryl methyl sites for hydroxylation is 1. The lowest BCUT2D eigenvalue weighted by atomic mass is 10.1. The van der Waals surface area contributed by atoms with Crippen LogP contribution in [0.1, 0.15) is 16.7 Å². The summed E-state index contributed by atoms with van der Waals surface area (Å²) in [6.45, 7) is 5.11. The zero-order valence-electron chi connectivity index (χ0n) is 22.3. The van der Waals surface area contributed by atoms with Crippen molar-refractivity contribution in [1.82, 2.24) is 19.5 Å². The number of aromatic nitrogens is 4. The van der Waals surface area contributed by atoms with E-state index in [0.29, 0.717) is 21.7 Å². The Labute approximate surface area is 244 Å². The quantitative estimate of drug-likeness (QED) is 0.162. The van der Waals surface area contributed by atoms with Gasteiger partial charge in [0.25, 0.3) is 11.5 Å². The summed E-state index contributed by atoms with van der Waals surface area (Å²) in [5.41, 5.74) is 7.10. The van der Waals surface area contributed by atoms with Crippen molar-refractivity contribution in [3.63, 3.8) is 0 Å². The number of anilines is 1. The molecular formula is C27H26ClFN5O7P. The van der Waals surface area contributed by atoms with Crippen LogP contribution in [-0.2, 0) is 41.0 Å². The molecule has 220 valence electrons. The first kappa shape index (κ1) is 29.5. The second-order valence-corrected chi connectivity index (χ2v) is 11.6. The summed E-state index contributed by atoms with van der Waals surface area (Å²) >= 11 is 6.07. The number of aromatic amines is 1. The third-order valence-corrected chi connectivity index (χ3v) is 7.85. The first-order valence-electron chi connectivity index (χ1n) is 12.6. The van der Waals surface area contributed by atoms with E-state index in [4.69, 9.17) is 40.6 Å². The lowest BCUT2D eigenvalue weighted by Gasteiger charge is -2.19. The highest BCUT2D eigenvalue weighted by molar-refractivity contribution is 7.53. The van der Waals surface area contributed by atoms with Crippen LogP contribution in [0.2, 0.25) is 5.02 Å². The van der Waals surface area contributed by atoms with E-state index in [9.17, 15) is 13.8 Å². The summed E-state index contributed by atoms with van der Waals surface area (Å²) < 4.78 is 57.9. The highest BCUT2D eigenvalue weighted by Gasteiger charge is 2.31. The monoisotopic (exact) mass is 617 g/mol. The predicted octanol–water partition coefficient (Wildman–Crippen LogP) is 5.09. The Balaban J connectivity index is 1.30. The van der Waals surface area contributed by atoms with E-state index in [1.54, 1.807) is 47.9 Å². The topological polar surface area (TPSA) is 153 Å². The molecule has 3 N–H and O–H groups in total. The van der Waals surface area contributed by atoms with E-state index in [0.717, 1.165) is 0 Å². The van der Waals surface area contributed by atoms with Crippen molar-refractivity contribution in [2.75, 3.05) is 25.3 Å². The van der Waals surface area contributed by atoms with Gasteiger partial charge in [0.15, 0.2) is 22.7 Å². The number of hydrogen-bond acceptors (Lipinski definition) is 10. The zero-order chi connectivity index (χ0) is 29.9. The van der Waals surface area contributed by atoms with Gasteiger partial charge in [0.1, 0.15) is 18.8 Å². The largest absolute Gasteiger partial charge is 0.424 e. The number of nitrogens with zero attached hydrogens (tertiary/aromatic N) is 3. The Kier molecular flexibility index (Phi) is 8.76. The molecule has 0 saturated carbocycles. The van der Waals surface area contributed by atoms with Gasteiger partial charge < -0.3 is 29.0 Å². The molecule has 0 bridgehead atoms. The standard InChI is InChI=1S/C27H26ClFN5O7P/c1-16-6-7-19(11-21(16)29)24-22(40-17(2)41-24)13-39-42(36,38-12-18-4-3-5-20(28)10-18)15-37-9-8-34-14-31-23-25(34)32-27(30)33-26(23)35/h3-7,10-11,14H,2,8-9,12-13,15H2,1H3,(H3,30,32,33,35). The first-order valence-corrected chi connectivity index (χ1v) is 14.7. The Bertz CT molecular complexity index is 1790. The number of nitrogens with one attached hydrogen (secondary N) is 1. The molecule has 2 aromatic heterocycles. The van der Waals surface area contributed by atoms with Crippen molar-refractivity contribution in [2.24, 2.45) is 0 Å². The van der Waals surface area contributed by atoms with Crippen LogP contribution in [0.3, 0.4) is 0 Å². The third kappa shape index (κ3) is 6.89. The van der Waals surface area contributed by atoms with Crippen molar-refractivity contribution in [2.45, 2.75) is 20.1 Å². The summed E-state index contributed by atoms with van der Waals surface area (Å²) in [7, 11) is -3.93. The Morgan fingerprint density at radius 2 is 2.00 bits per heavy atom. The molecule has 0 spiro atoms. The number of imidazole rings is 1. The maximum atomic E-state index is 14.2. The van der Waals surface area contributed by atoms with Crippen LogP contribution in [-0.4, -0.2) is 39.1 Å². The molecule has 0 fully saturated rings.